The molecule has 3 atom stereocenters. The highest BCUT2D eigenvalue weighted by atomic mass is 31.2. The third-order valence-corrected chi connectivity index (χ3v) is 11.5. The van der Waals surface area contributed by atoms with Crippen LogP contribution in [0.15, 0.2) is 85.1 Å². The smallest absolute Gasteiger partial charge is 0.387 e. The van der Waals surface area contributed by atoms with Crippen LogP contribution < -0.4 is 5.32 Å². The van der Waals surface area contributed by atoms with E-state index in [1.807, 2.05) is 27.2 Å². The number of quaternary nitrogens is 1. The highest BCUT2D eigenvalue weighted by Gasteiger charge is 2.27. The Morgan fingerprint density at radius 1 is 0.565 bits per heavy atom. The van der Waals surface area contributed by atoms with E-state index in [1.165, 1.54) is 96.3 Å². The molecule has 1 amide bonds. The van der Waals surface area contributed by atoms with Gasteiger partial charge >= 0.3 is 7.82 Å². The molecule has 62 heavy (non-hydrogen) atoms. The number of phosphoric acid groups is 1. The Morgan fingerprint density at radius 3 is 1.47 bits per heavy atom. The van der Waals surface area contributed by atoms with Crippen LogP contribution in [-0.2, 0) is 18.4 Å². The summed E-state index contributed by atoms with van der Waals surface area (Å²) in [6.07, 6.45) is 61.1. The van der Waals surface area contributed by atoms with Gasteiger partial charge in [0.2, 0.25) is 5.91 Å². The van der Waals surface area contributed by atoms with Gasteiger partial charge in [0.05, 0.1) is 39.9 Å². The average Bonchev–Trinajstić information content (AvgIpc) is 3.23. The molecular weight excluding hydrogens is 792 g/mol. The number of aliphatic hydroxyl groups is 1. The molecule has 0 aliphatic heterocycles. The minimum Gasteiger partial charge on any atom is -0.387 e. The number of rotatable bonds is 44. The fraction of sp³-hybridized carbons (Fsp3) is 0.717. The Kier molecular flexibility index (Phi) is 42.3. The van der Waals surface area contributed by atoms with Gasteiger partial charge in [-0.1, -0.05) is 195 Å². The molecule has 9 heteroatoms. The van der Waals surface area contributed by atoms with Gasteiger partial charge in [0.15, 0.2) is 0 Å². The second-order valence-corrected chi connectivity index (χ2v) is 19.2. The van der Waals surface area contributed by atoms with Crippen LogP contribution in [0.3, 0.4) is 0 Å². The fourth-order valence-corrected chi connectivity index (χ4v) is 7.40. The Bertz CT molecular complexity index is 1280. The predicted molar refractivity (Wildman–Crippen MR) is 267 cm³/mol. The molecule has 0 saturated carbocycles. The first-order valence-corrected chi connectivity index (χ1v) is 26.5. The van der Waals surface area contributed by atoms with E-state index in [-0.39, 0.29) is 19.1 Å². The van der Waals surface area contributed by atoms with Crippen molar-refractivity contribution in [3.8, 4) is 0 Å². The average molecular weight is 888 g/mol. The molecule has 0 saturated heterocycles. The third-order valence-electron chi connectivity index (χ3n) is 10.6. The summed E-state index contributed by atoms with van der Waals surface area (Å²) in [5.41, 5.74) is 0. The summed E-state index contributed by atoms with van der Waals surface area (Å²) < 4.78 is 23.5. The summed E-state index contributed by atoms with van der Waals surface area (Å²) in [6.45, 7) is 4.58. The number of phosphoric ester groups is 1. The summed E-state index contributed by atoms with van der Waals surface area (Å²) in [7, 11) is 1.54. The lowest BCUT2D eigenvalue weighted by atomic mass is 10.0. The van der Waals surface area contributed by atoms with E-state index in [0.717, 1.165) is 77.0 Å². The van der Waals surface area contributed by atoms with Crippen molar-refractivity contribution in [3.05, 3.63) is 85.1 Å². The number of hydrogen-bond acceptors (Lipinski definition) is 5. The number of nitrogens with zero attached hydrogens (tertiary/aromatic N) is 1. The quantitative estimate of drug-likeness (QED) is 0.0244. The van der Waals surface area contributed by atoms with Crippen molar-refractivity contribution in [1.82, 2.24) is 5.32 Å². The van der Waals surface area contributed by atoms with Crippen LogP contribution in [0.5, 0.6) is 0 Å². The molecule has 0 spiro atoms. The van der Waals surface area contributed by atoms with Crippen LogP contribution in [0, 0.1) is 0 Å². The Morgan fingerprint density at radius 2 is 0.984 bits per heavy atom. The van der Waals surface area contributed by atoms with Gasteiger partial charge in [0.1, 0.15) is 13.2 Å². The first-order valence-electron chi connectivity index (χ1n) is 25.0. The van der Waals surface area contributed by atoms with Gasteiger partial charge in [-0.15, -0.1) is 0 Å². The molecule has 0 aromatic heterocycles. The van der Waals surface area contributed by atoms with Crippen molar-refractivity contribution in [3.63, 3.8) is 0 Å². The van der Waals surface area contributed by atoms with Crippen LogP contribution in [0.1, 0.15) is 194 Å². The summed E-state index contributed by atoms with van der Waals surface area (Å²) in [4.78, 5) is 23.1. The largest absolute Gasteiger partial charge is 0.472 e. The van der Waals surface area contributed by atoms with Crippen LogP contribution in [0.25, 0.3) is 0 Å². The molecule has 0 aromatic rings. The first-order chi connectivity index (χ1) is 30.0. The molecule has 0 radical (unpaired) electrons. The topological polar surface area (TPSA) is 105 Å². The van der Waals surface area contributed by atoms with E-state index in [2.05, 4.69) is 92.1 Å². The van der Waals surface area contributed by atoms with Gasteiger partial charge < -0.3 is 19.8 Å². The van der Waals surface area contributed by atoms with Crippen molar-refractivity contribution >= 4 is 13.7 Å². The van der Waals surface area contributed by atoms with Gasteiger partial charge in [0, 0.05) is 6.42 Å². The van der Waals surface area contributed by atoms with Gasteiger partial charge in [-0.3, -0.25) is 13.8 Å². The highest BCUT2D eigenvalue weighted by molar-refractivity contribution is 7.47. The molecule has 3 unspecified atom stereocenters. The van der Waals surface area contributed by atoms with Crippen molar-refractivity contribution in [2.45, 2.75) is 206 Å². The summed E-state index contributed by atoms with van der Waals surface area (Å²) >= 11 is 0. The lowest BCUT2D eigenvalue weighted by Gasteiger charge is -2.25. The Hall–Kier alpha value is -2.32. The van der Waals surface area contributed by atoms with Gasteiger partial charge in [0.25, 0.3) is 0 Å². The van der Waals surface area contributed by atoms with Gasteiger partial charge in [-0.25, -0.2) is 4.57 Å². The maximum atomic E-state index is 12.9. The molecule has 3 N–H and O–H groups in total. The molecule has 0 fully saturated rings. The van der Waals surface area contributed by atoms with E-state index >= 15 is 0 Å². The maximum absolute atomic E-state index is 12.9. The highest BCUT2D eigenvalue weighted by Crippen LogP contribution is 2.43. The lowest BCUT2D eigenvalue weighted by Crippen LogP contribution is -2.45. The number of likely N-dealkylation sites (N-methyl/N-ethyl adjacent to an activating group) is 1. The second-order valence-electron chi connectivity index (χ2n) is 17.8. The minimum absolute atomic E-state index is 0.0505. The van der Waals surface area contributed by atoms with Crippen LogP contribution in [0.4, 0.5) is 0 Å². The van der Waals surface area contributed by atoms with Crippen LogP contribution in [0.2, 0.25) is 0 Å². The lowest BCUT2D eigenvalue weighted by molar-refractivity contribution is -0.870. The first kappa shape index (κ1) is 59.7. The minimum atomic E-state index is -4.35. The number of carbonyl (C=O) groups excluding carboxylic acids is 1. The zero-order chi connectivity index (χ0) is 45.7. The van der Waals surface area contributed by atoms with Crippen LogP contribution >= 0.6 is 7.82 Å². The monoisotopic (exact) mass is 888 g/mol. The number of nitrogens with one attached hydrogen (secondary N) is 1. The van der Waals surface area contributed by atoms with E-state index in [1.54, 1.807) is 6.08 Å². The van der Waals surface area contributed by atoms with Crippen LogP contribution in [-0.4, -0.2) is 73.4 Å². The van der Waals surface area contributed by atoms with Crippen molar-refractivity contribution in [2.75, 3.05) is 40.9 Å². The summed E-state index contributed by atoms with van der Waals surface area (Å²) in [5, 5.41) is 13.8. The molecule has 0 aromatic carbocycles. The van der Waals surface area contributed by atoms with E-state index in [0.29, 0.717) is 17.4 Å². The summed E-state index contributed by atoms with van der Waals surface area (Å²) in [5.74, 6) is -0.196. The molecule has 0 aliphatic carbocycles. The molecule has 0 heterocycles. The summed E-state index contributed by atoms with van der Waals surface area (Å²) in [6, 6.07) is -0.871. The Labute approximate surface area is 382 Å². The zero-order valence-electron chi connectivity index (χ0n) is 40.6. The third kappa shape index (κ3) is 45.7. The molecule has 0 aliphatic rings. The number of amides is 1. The fourth-order valence-electron chi connectivity index (χ4n) is 6.66. The number of unbranched alkanes of at least 4 members (excludes halogenated alkanes) is 19. The van der Waals surface area contributed by atoms with Crippen molar-refractivity contribution < 1.29 is 32.9 Å². The maximum Gasteiger partial charge on any atom is 0.472 e. The second kappa shape index (κ2) is 43.9. The van der Waals surface area contributed by atoms with Gasteiger partial charge in [-0.2, -0.15) is 0 Å². The van der Waals surface area contributed by atoms with Crippen molar-refractivity contribution in [2.24, 2.45) is 0 Å². The van der Waals surface area contributed by atoms with Crippen molar-refractivity contribution in [1.29, 1.82) is 0 Å². The molecule has 8 nitrogen and oxygen atoms in total. The van der Waals surface area contributed by atoms with E-state index < -0.39 is 20.0 Å². The predicted octanol–water partition coefficient (Wildman–Crippen LogP) is 14.5. The zero-order valence-corrected chi connectivity index (χ0v) is 41.5. The van der Waals surface area contributed by atoms with E-state index in [4.69, 9.17) is 9.05 Å². The van der Waals surface area contributed by atoms with Gasteiger partial charge in [-0.05, 0) is 77.0 Å². The Balaban J connectivity index is 4.13. The number of carbonyl (C=O) groups is 1. The number of allylic oxidation sites excluding steroid dienone is 13. The molecule has 0 rings (SSSR count). The number of aliphatic hydroxyl groups excluding tert-OH is 1. The molecule has 358 valence electrons. The number of hydrogen-bond donors (Lipinski definition) is 3. The standard InChI is InChI=1S/C53H95N2O6P/c1-6-8-10-12-14-16-18-19-20-21-22-23-24-25-26-27-28-29-30-31-32-33-34-35-37-39-41-43-45-47-53(57)54-51(50-61-62(58,59)60-49-48-55(3,4)5)52(56)46-44-42-40-38-36-17-15-13-11-9-7-2/h8,10-11,13-14,16,19-20,22-23,36,38,44,46,51-52,56H,6-7,9,12,15,17-18,21,24-35,37,39-43,45,47-50H2,1-5H3,(H-,54,57,58,59)/p+1/b10-8-,13-11+,16-14-,20-19-,23-22-,38-36+,46-44+. The normalized spacial score (nSPS) is 14.9. The SMILES string of the molecule is CC/C=C\C/C=C\C/C=C\C/C=C\CCCCCCCCCCCCCCCCCCC(=O)NC(COP(=O)(O)OCC[N+](C)(C)C)C(O)/C=C/CC/C=C/CC/C=C/CCC. The van der Waals surface area contributed by atoms with E-state index in [9.17, 15) is 19.4 Å². The molecule has 0 bridgehead atoms. The molecular formula is C53H96N2O6P+.